The average molecular weight is 245 g/mol. The van der Waals surface area contributed by atoms with E-state index in [4.69, 9.17) is 11.6 Å². The van der Waals surface area contributed by atoms with Crippen LogP contribution in [0.15, 0.2) is 18.5 Å². The fourth-order valence-electron chi connectivity index (χ4n) is 1.32. The fourth-order valence-corrected chi connectivity index (χ4v) is 2.64. The first-order valence-electron chi connectivity index (χ1n) is 5.53. The van der Waals surface area contributed by atoms with Crippen LogP contribution in [-0.4, -0.2) is 5.75 Å². The number of rotatable bonds is 6. The van der Waals surface area contributed by atoms with Crippen molar-refractivity contribution < 1.29 is 4.57 Å². The van der Waals surface area contributed by atoms with Crippen LogP contribution < -0.4 is 4.57 Å². The number of hydrogen-bond acceptors (Lipinski definition) is 1. The SMILES string of the molecule is CCCCSC[n+]1ccc(CC)c(Cl)c1. The first kappa shape index (κ1) is 12.9. The van der Waals surface area contributed by atoms with Crippen molar-refractivity contribution in [3.63, 3.8) is 0 Å². The van der Waals surface area contributed by atoms with Gasteiger partial charge in [0.05, 0.1) is 0 Å². The molecular weight excluding hydrogens is 226 g/mol. The molecule has 0 unspecified atom stereocenters. The molecule has 1 aromatic rings. The molecule has 0 N–H and O–H groups in total. The molecule has 15 heavy (non-hydrogen) atoms. The lowest BCUT2D eigenvalue weighted by molar-refractivity contribution is -0.675. The Bertz CT molecular complexity index is 302. The molecule has 0 radical (unpaired) electrons. The molecule has 0 saturated heterocycles. The van der Waals surface area contributed by atoms with E-state index < -0.39 is 0 Å². The molecule has 0 saturated carbocycles. The normalized spacial score (nSPS) is 10.6. The van der Waals surface area contributed by atoms with Crippen LogP contribution in [0.5, 0.6) is 0 Å². The summed E-state index contributed by atoms with van der Waals surface area (Å²) >= 11 is 8.10. The van der Waals surface area contributed by atoms with E-state index in [-0.39, 0.29) is 0 Å². The van der Waals surface area contributed by atoms with E-state index in [9.17, 15) is 0 Å². The Morgan fingerprint density at radius 3 is 2.80 bits per heavy atom. The minimum Gasteiger partial charge on any atom is -0.194 e. The van der Waals surface area contributed by atoms with Crippen LogP contribution in [0.3, 0.4) is 0 Å². The highest BCUT2D eigenvalue weighted by molar-refractivity contribution is 7.98. The lowest BCUT2D eigenvalue weighted by Crippen LogP contribution is -2.31. The minimum atomic E-state index is 0.885. The highest BCUT2D eigenvalue weighted by Crippen LogP contribution is 2.13. The van der Waals surface area contributed by atoms with Crippen LogP contribution >= 0.6 is 23.4 Å². The molecule has 0 amide bonds. The van der Waals surface area contributed by atoms with Crippen LogP contribution in [0.25, 0.3) is 0 Å². The Hall–Kier alpha value is -0.210. The third kappa shape index (κ3) is 4.43. The lowest BCUT2D eigenvalue weighted by Gasteiger charge is -2.00. The van der Waals surface area contributed by atoms with E-state index in [0.717, 1.165) is 17.3 Å². The topological polar surface area (TPSA) is 3.88 Å². The van der Waals surface area contributed by atoms with Gasteiger partial charge in [-0.05, 0) is 24.2 Å². The number of halogens is 1. The summed E-state index contributed by atoms with van der Waals surface area (Å²) in [6.07, 6.45) is 7.71. The van der Waals surface area contributed by atoms with Gasteiger partial charge >= 0.3 is 0 Å². The van der Waals surface area contributed by atoms with Crippen molar-refractivity contribution in [2.24, 2.45) is 0 Å². The molecule has 1 heterocycles. The minimum absolute atomic E-state index is 0.885. The molecule has 0 aliphatic heterocycles. The molecule has 0 spiro atoms. The maximum absolute atomic E-state index is 6.14. The zero-order valence-corrected chi connectivity index (χ0v) is 11.1. The smallest absolute Gasteiger partial charge is 0.194 e. The summed E-state index contributed by atoms with van der Waals surface area (Å²) in [5, 5.41) is 0.885. The largest absolute Gasteiger partial charge is 0.194 e. The number of pyridine rings is 1. The van der Waals surface area contributed by atoms with Gasteiger partial charge in [0.15, 0.2) is 18.3 Å². The first-order valence-corrected chi connectivity index (χ1v) is 7.06. The summed E-state index contributed by atoms with van der Waals surface area (Å²) < 4.78 is 2.15. The number of thioether (sulfide) groups is 1. The van der Waals surface area contributed by atoms with Crippen molar-refractivity contribution in [3.8, 4) is 0 Å². The van der Waals surface area contributed by atoms with Crippen molar-refractivity contribution in [2.75, 3.05) is 5.75 Å². The van der Waals surface area contributed by atoms with Crippen LogP contribution in [-0.2, 0) is 12.3 Å². The summed E-state index contributed by atoms with van der Waals surface area (Å²) in [6.45, 7) is 4.35. The lowest BCUT2D eigenvalue weighted by atomic mass is 10.2. The van der Waals surface area contributed by atoms with Gasteiger partial charge in [0, 0.05) is 6.07 Å². The molecule has 0 aliphatic rings. The van der Waals surface area contributed by atoms with Crippen LogP contribution in [0, 0.1) is 0 Å². The number of unbranched alkanes of at least 4 members (excludes halogenated alkanes) is 1. The van der Waals surface area contributed by atoms with Crippen LogP contribution in [0.2, 0.25) is 5.02 Å². The Morgan fingerprint density at radius 1 is 1.40 bits per heavy atom. The zero-order valence-electron chi connectivity index (χ0n) is 9.50. The second-order valence-electron chi connectivity index (χ2n) is 3.58. The number of aryl methyl sites for hydroxylation is 1. The molecule has 3 heteroatoms. The Balaban J connectivity index is 2.45. The maximum atomic E-state index is 6.14. The molecule has 0 bridgehead atoms. The Morgan fingerprint density at radius 2 is 2.20 bits per heavy atom. The molecule has 0 aromatic carbocycles. The summed E-state index contributed by atoms with van der Waals surface area (Å²) in [4.78, 5) is 0. The monoisotopic (exact) mass is 244 g/mol. The second kappa shape index (κ2) is 7.13. The first-order chi connectivity index (χ1) is 7.27. The maximum Gasteiger partial charge on any atom is 0.194 e. The van der Waals surface area contributed by atoms with Gasteiger partial charge in [-0.3, -0.25) is 0 Å². The fraction of sp³-hybridized carbons (Fsp3) is 0.583. The van der Waals surface area contributed by atoms with E-state index in [1.54, 1.807) is 0 Å². The molecular formula is C12H19ClNS+. The molecule has 0 atom stereocenters. The van der Waals surface area contributed by atoms with Gasteiger partial charge < -0.3 is 0 Å². The highest BCUT2D eigenvalue weighted by Gasteiger charge is 2.05. The van der Waals surface area contributed by atoms with Gasteiger partial charge in [-0.15, -0.1) is 0 Å². The molecule has 1 aromatic heterocycles. The van der Waals surface area contributed by atoms with Gasteiger partial charge in [0.25, 0.3) is 0 Å². The van der Waals surface area contributed by atoms with Gasteiger partial charge in [0.1, 0.15) is 5.02 Å². The summed E-state index contributed by atoms with van der Waals surface area (Å²) in [5.74, 6) is 2.24. The Labute approximate surface area is 102 Å². The van der Waals surface area contributed by atoms with E-state index in [1.165, 1.54) is 24.2 Å². The summed E-state index contributed by atoms with van der Waals surface area (Å²) in [6, 6.07) is 2.11. The van der Waals surface area contributed by atoms with Crippen molar-refractivity contribution in [3.05, 3.63) is 29.0 Å². The van der Waals surface area contributed by atoms with Crippen molar-refractivity contribution in [1.82, 2.24) is 0 Å². The van der Waals surface area contributed by atoms with E-state index in [2.05, 4.69) is 30.7 Å². The molecule has 84 valence electrons. The molecule has 0 fully saturated rings. The van der Waals surface area contributed by atoms with Gasteiger partial charge in [-0.1, -0.05) is 43.6 Å². The average Bonchev–Trinajstić information content (AvgIpc) is 2.25. The van der Waals surface area contributed by atoms with E-state index in [0.29, 0.717) is 0 Å². The van der Waals surface area contributed by atoms with Crippen molar-refractivity contribution in [2.45, 2.75) is 39.0 Å². The van der Waals surface area contributed by atoms with Crippen molar-refractivity contribution >= 4 is 23.4 Å². The summed E-state index contributed by atoms with van der Waals surface area (Å²) in [7, 11) is 0. The van der Waals surface area contributed by atoms with Crippen molar-refractivity contribution in [1.29, 1.82) is 0 Å². The standard InChI is InChI=1S/C12H19ClNS/c1-3-5-8-15-10-14-7-6-11(4-2)12(13)9-14/h6-7,9H,3-5,8,10H2,1-2H3/q+1. The number of aromatic nitrogens is 1. The molecule has 0 aliphatic carbocycles. The number of nitrogens with zero attached hydrogens (tertiary/aromatic N) is 1. The third-order valence-corrected chi connectivity index (χ3v) is 3.72. The predicted molar refractivity (Wildman–Crippen MR) is 68.4 cm³/mol. The summed E-state index contributed by atoms with van der Waals surface area (Å²) in [5.41, 5.74) is 1.23. The van der Waals surface area contributed by atoms with Gasteiger partial charge in [0.2, 0.25) is 0 Å². The third-order valence-electron chi connectivity index (χ3n) is 2.32. The second-order valence-corrected chi connectivity index (χ2v) is 5.06. The van der Waals surface area contributed by atoms with Crippen LogP contribution in [0.4, 0.5) is 0 Å². The molecule has 1 nitrogen and oxygen atoms in total. The van der Waals surface area contributed by atoms with E-state index >= 15 is 0 Å². The van der Waals surface area contributed by atoms with Gasteiger partial charge in [-0.25, -0.2) is 0 Å². The Kier molecular flexibility index (Phi) is 6.11. The predicted octanol–water partition coefficient (Wildman–Crippen LogP) is 3.68. The zero-order chi connectivity index (χ0) is 11.1. The number of hydrogen-bond donors (Lipinski definition) is 0. The van der Waals surface area contributed by atoms with E-state index in [1.807, 2.05) is 18.0 Å². The molecule has 1 rings (SSSR count). The quantitative estimate of drug-likeness (QED) is 0.546. The van der Waals surface area contributed by atoms with Crippen LogP contribution in [0.1, 0.15) is 32.3 Å². The van der Waals surface area contributed by atoms with Gasteiger partial charge in [-0.2, -0.15) is 4.57 Å². The highest BCUT2D eigenvalue weighted by atomic mass is 35.5.